The van der Waals surface area contributed by atoms with Gasteiger partial charge in [-0.15, -0.1) is 0 Å². The molecule has 2 nitrogen and oxygen atoms in total. The third kappa shape index (κ3) is 3.53. The lowest BCUT2D eigenvalue weighted by Crippen LogP contribution is -2.21. The fourth-order valence-electron chi connectivity index (χ4n) is 2.21. The lowest BCUT2D eigenvalue weighted by Gasteiger charge is -2.16. The van der Waals surface area contributed by atoms with E-state index in [0.29, 0.717) is 0 Å². The number of fused-ring (bicyclic) bond motifs is 1. The van der Waals surface area contributed by atoms with Crippen molar-refractivity contribution in [1.29, 1.82) is 0 Å². The van der Waals surface area contributed by atoms with E-state index >= 15 is 0 Å². The van der Waals surface area contributed by atoms with Gasteiger partial charge in [-0.05, 0) is 50.4 Å². The maximum atomic E-state index is 3.36. The van der Waals surface area contributed by atoms with E-state index in [1.807, 2.05) is 0 Å². The Morgan fingerprint density at radius 1 is 0.812 bits per heavy atom. The minimum absolute atomic E-state index is 1.14. The average Bonchev–Trinajstić information content (AvgIpc) is 2.42. The number of rotatable bonds is 0. The monoisotopic (exact) mass is 218 g/mol. The van der Waals surface area contributed by atoms with Crippen LogP contribution in [-0.2, 0) is 6.42 Å². The SMILES string of the molecule is C1CCNCC1.c1ccc2c(c1)CCCN2. The van der Waals surface area contributed by atoms with E-state index in [4.69, 9.17) is 0 Å². The maximum absolute atomic E-state index is 3.36. The van der Waals surface area contributed by atoms with Crippen molar-refractivity contribution in [2.75, 3.05) is 25.0 Å². The number of hydrogen-bond donors (Lipinski definition) is 2. The molecule has 0 amide bonds. The summed E-state index contributed by atoms with van der Waals surface area (Å²) in [4.78, 5) is 0. The van der Waals surface area contributed by atoms with Crippen LogP contribution >= 0.6 is 0 Å². The summed E-state index contributed by atoms with van der Waals surface area (Å²) in [5.41, 5.74) is 2.79. The Hall–Kier alpha value is -1.02. The van der Waals surface area contributed by atoms with Gasteiger partial charge in [0, 0.05) is 12.2 Å². The zero-order valence-electron chi connectivity index (χ0n) is 9.97. The van der Waals surface area contributed by atoms with Crippen molar-refractivity contribution in [3.05, 3.63) is 29.8 Å². The average molecular weight is 218 g/mol. The molecule has 3 rings (SSSR count). The highest BCUT2D eigenvalue weighted by molar-refractivity contribution is 5.52. The number of aryl methyl sites for hydroxylation is 1. The van der Waals surface area contributed by atoms with Crippen molar-refractivity contribution in [2.24, 2.45) is 0 Å². The molecule has 0 spiro atoms. The summed E-state index contributed by atoms with van der Waals surface area (Å²) in [6.45, 7) is 3.64. The van der Waals surface area contributed by atoms with Gasteiger partial charge in [0.15, 0.2) is 0 Å². The highest BCUT2D eigenvalue weighted by Gasteiger charge is 2.04. The van der Waals surface area contributed by atoms with E-state index in [2.05, 4.69) is 34.9 Å². The molecule has 1 saturated heterocycles. The Bertz CT molecular complexity index is 269. The molecule has 2 aliphatic rings. The van der Waals surface area contributed by atoms with E-state index < -0.39 is 0 Å². The quantitative estimate of drug-likeness (QED) is 0.699. The second-order valence-corrected chi connectivity index (χ2v) is 4.50. The van der Waals surface area contributed by atoms with Crippen LogP contribution in [0.4, 0.5) is 5.69 Å². The highest BCUT2D eigenvalue weighted by Crippen LogP contribution is 2.20. The summed E-state index contributed by atoms with van der Waals surface area (Å²) in [6.07, 6.45) is 6.73. The highest BCUT2D eigenvalue weighted by atomic mass is 14.9. The molecule has 0 unspecified atom stereocenters. The normalized spacial score (nSPS) is 18.8. The third-order valence-electron chi connectivity index (χ3n) is 3.16. The summed E-state index contributed by atoms with van der Waals surface area (Å²) in [5.74, 6) is 0. The number of benzene rings is 1. The van der Waals surface area contributed by atoms with Crippen molar-refractivity contribution >= 4 is 5.69 Å². The van der Waals surface area contributed by atoms with Gasteiger partial charge in [-0.2, -0.15) is 0 Å². The Labute approximate surface area is 98.4 Å². The number of para-hydroxylation sites is 1. The molecule has 1 aromatic carbocycles. The predicted molar refractivity (Wildman–Crippen MR) is 70.0 cm³/mol. The number of anilines is 1. The molecule has 0 bridgehead atoms. The summed E-state index contributed by atoms with van der Waals surface area (Å²) < 4.78 is 0. The minimum Gasteiger partial charge on any atom is -0.385 e. The van der Waals surface area contributed by atoms with Crippen LogP contribution in [-0.4, -0.2) is 19.6 Å². The van der Waals surface area contributed by atoms with E-state index in [-0.39, 0.29) is 0 Å². The first kappa shape index (κ1) is 11.5. The van der Waals surface area contributed by atoms with E-state index in [1.165, 1.54) is 56.4 Å². The number of hydrogen-bond acceptors (Lipinski definition) is 2. The molecular formula is C14H22N2. The second kappa shape index (κ2) is 6.54. The first-order chi connectivity index (χ1) is 7.97. The Balaban J connectivity index is 0.000000138. The Kier molecular flexibility index (Phi) is 4.69. The maximum Gasteiger partial charge on any atom is 0.0372 e. The molecule has 2 heteroatoms. The fraction of sp³-hybridized carbons (Fsp3) is 0.571. The van der Waals surface area contributed by atoms with E-state index in [0.717, 1.165) is 6.54 Å². The lowest BCUT2D eigenvalue weighted by molar-refractivity contribution is 0.520. The molecule has 88 valence electrons. The van der Waals surface area contributed by atoms with Crippen molar-refractivity contribution < 1.29 is 0 Å². The van der Waals surface area contributed by atoms with Gasteiger partial charge in [-0.1, -0.05) is 24.6 Å². The van der Waals surface area contributed by atoms with Crippen molar-refractivity contribution in [3.8, 4) is 0 Å². The molecule has 16 heavy (non-hydrogen) atoms. The standard InChI is InChI=1S/C9H11N.C5H11N/c1-2-6-9-8(4-1)5-3-7-10-9;1-2-4-6-5-3-1/h1-2,4,6,10H,3,5,7H2;6H,1-5H2. The second-order valence-electron chi connectivity index (χ2n) is 4.50. The van der Waals surface area contributed by atoms with Gasteiger partial charge in [0.05, 0.1) is 0 Å². The van der Waals surface area contributed by atoms with Crippen LogP contribution in [0, 0.1) is 0 Å². The van der Waals surface area contributed by atoms with E-state index in [9.17, 15) is 0 Å². The Morgan fingerprint density at radius 2 is 1.62 bits per heavy atom. The molecule has 0 saturated carbocycles. The molecule has 1 fully saturated rings. The van der Waals surface area contributed by atoms with Gasteiger partial charge in [0.25, 0.3) is 0 Å². The van der Waals surface area contributed by atoms with Gasteiger partial charge in [-0.25, -0.2) is 0 Å². The molecule has 0 radical (unpaired) electrons. The summed E-state index contributed by atoms with van der Waals surface area (Å²) in [7, 11) is 0. The van der Waals surface area contributed by atoms with Crippen LogP contribution in [0.2, 0.25) is 0 Å². The molecule has 0 atom stereocenters. The zero-order chi connectivity index (χ0) is 11.1. The van der Waals surface area contributed by atoms with Gasteiger partial charge < -0.3 is 10.6 Å². The number of piperidine rings is 1. The zero-order valence-corrected chi connectivity index (χ0v) is 9.97. The minimum atomic E-state index is 1.14. The molecule has 2 heterocycles. The third-order valence-corrected chi connectivity index (χ3v) is 3.16. The molecular weight excluding hydrogens is 196 g/mol. The Morgan fingerprint density at radius 3 is 2.25 bits per heavy atom. The van der Waals surface area contributed by atoms with Gasteiger partial charge in [0.2, 0.25) is 0 Å². The summed E-state index contributed by atoms with van der Waals surface area (Å²) in [5, 5.41) is 6.65. The van der Waals surface area contributed by atoms with Crippen molar-refractivity contribution in [3.63, 3.8) is 0 Å². The van der Waals surface area contributed by atoms with Gasteiger partial charge >= 0.3 is 0 Å². The van der Waals surface area contributed by atoms with E-state index in [1.54, 1.807) is 0 Å². The smallest absolute Gasteiger partial charge is 0.0372 e. The van der Waals surface area contributed by atoms with Crippen LogP contribution in [0.3, 0.4) is 0 Å². The number of nitrogens with one attached hydrogen (secondary N) is 2. The first-order valence-electron chi connectivity index (χ1n) is 6.49. The van der Waals surface area contributed by atoms with Crippen LogP contribution < -0.4 is 10.6 Å². The molecule has 1 aromatic rings. The van der Waals surface area contributed by atoms with Gasteiger partial charge in [-0.3, -0.25) is 0 Å². The lowest BCUT2D eigenvalue weighted by atomic mass is 10.0. The predicted octanol–water partition coefficient (Wildman–Crippen LogP) is 2.80. The van der Waals surface area contributed by atoms with Gasteiger partial charge in [0.1, 0.15) is 0 Å². The van der Waals surface area contributed by atoms with Crippen LogP contribution in [0.5, 0.6) is 0 Å². The first-order valence-corrected chi connectivity index (χ1v) is 6.49. The van der Waals surface area contributed by atoms with Crippen LogP contribution in [0.25, 0.3) is 0 Å². The summed E-state index contributed by atoms with van der Waals surface area (Å²) >= 11 is 0. The van der Waals surface area contributed by atoms with Crippen LogP contribution in [0.15, 0.2) is 24.3 Å². The van der Waals surface area contributed by atoms with Crippen molar-refractivity contribution in [2.45, 2.75) is 32.1 Å². The summed E-state index contributed by atoms with van der Waals surface area (Å²) in [6, 6.07) is 8.53. The molecule has 2 aliphatic heterocycles. The molecule has 2 N–H and O–H groups in total. The topological polar surface area (TPSA) is 24.1 Å². The molecule has 0 aliphatic carbocycles. The fourth-order valence-corrected chi connectivity index (χ4v) is 2.21. The largest absolute Gasteiger partial charge is 0.385 e. The van der Waals surface area contributed by atoms with Crippen molar-refractivity contribution in [1.82, 2.24) is 5.32 Å². The van der Waals surface area contributed by atoms with Crippen LogP contribution in [0.1, 0.15) is 31.2 Å². The molecule has 0 aromatic heterocycles.